The van der Waals surface area contributed by atoms with Crippen molar-refractivity contribution < 1.29 is 28.9 Å². The minimum atomic E-state index is -0.735. The highest BCUT2D eigenvalue weighted by Crippen LogP contribution is 2.41. The molecule has 0 radical (unpaired) electrons. The van der Waals surface area contributed by atoms with Gasteiger partial charge >= 0.3 is 0 Å². The number of Topliss-reactive ketones (excluding diaryl/α,β-unsaturated/α-hetero) is 1. The molecule has 0 spiro atoms. The summed E-state index contributed by atoms with van der Waals surface area (Å²) in [5.74, 6) is -0.0477. The van der Waals surface area contributed by atoms with Gasteiger partial charge in [-0.2, -0.15) is 0 Å². The van der Waals surface area contributed by atoms with Crippen molar-refractivity contribution in [3.05, 3.63) is 64.7 Å². The van der Waals surface area contributed by atoms with Gasteiger partial charge in [0.2, 0.25) is 0 Å². The Hall–Kier alpha value is -3.32. The first-order chi connectivity index (χ1) is 16.8. The number of carbonyl (C=O) groups is 2. The Labute approximate surface area is 207 Å². The zero-order chi connectivity index (χ0) is 25.5. The molecule has 1 atom stereocenters. The standard InChI is InChI=1S/C28H35NO6/c1-6-14-35-21-10-7-9-19(16-21)25-24(27(31)28(32)29(25)13-8-15-33-4)26(30)20-11-12-23(34-5)22(17-20)18(2)3/h7,9-12,16-18,25,30H,6,8,13-15H2,1-5H3/b26-24+. The second kappa shape index (κ2) is 11.9. The summed E-state index contributed by atoms with van der Waals surface area (Å²) >= 11 is 0. The van der Waals surface area contributed by atoms with Crippen LogP contribution in [0.5, 0.6) is 11.5 Å². The number of ketones is 1. The van der Waals surface area contributed by atoms with Crippen LogP contribution in [0.2, 0.25) is 0 Å². The number of rotatable bonds is 11. The van der Waals surface area contributed by atoms with E-state index in [1.54, 1.807) is 26.4 Å². The van der Waals surface area contributed by atoms with E-state index in [9.17, 15) is 14.7 Å². The van der Waals surface area contributed by atoms with E-state index in [0.717, 1.165) is 12.0 Å². The fourth-order valence-corrected chi connectivity index (χ4v) is 4.32. The van der Waals surface area contributed by atoms with Crippen LogP contribution in [0.3, 0.4) is 0 Å². The molecule has 2 aromatic carbocycles. The number of aliphatic hydroxyl groups excluding tert-OH is 1. The van der Waals surface area contributed by atoms with E-state index in [1.165, 1.54) is 4.90 Å². The second-order valence-electron chi connectivity index (χ2n) is 8.87. The van der Waals surface area contributed by atoms with Crippen LogP contribution < -0.4 is 9.47 Å². The summed E-state index contributed by atoms with van der Waals surface area (Å²) in [4.78, 5) is 27.9. The molecule has 0 bridgehead atoms. The van der Waals surface area contributed by atoms with E-state index < -0.39 is 17.7 Å². The van der Waals surface area contributed by atoms with Crippen molar-refractivity contribution in [2.24, 2.45) is 0 Å². The monoisotopic (exact) mass is 481 g/mol. The maximum Gasteiger partial charge on any atom is 0.295 e. The van der Waals surface area contributed by atoms with Crippen LogP contribution in [0, 0.1) is 0 Å². The lowest BCUT2D eigenvalue weighted by atomic mass is 9.93. The predicted molar refractivity (Wildman–Crippen MR) is 135 cm³/mol. The van der Waals surface area contributed by atoms with Gasteiger partial charge in [0.15, 0.2) is 0 Å². The molecule has 1 fully saturated rings. The molecule has 1 aliphatic rings. The zero-order valence-corrected chi connectivity index (χ0v) is 21.2. The maximum absolute atomic E-state index is 13.2. The Balaban J connectivity index is 2.15. The first-order valence-corrected chi connectivity index (χ1v) is 12.0. The summed E-state index contributed by atoms with van der Waals surface area (Å²) in [6.07, 6.45) is 1.42. The SMILES string of the molecule is CCCOc1cccc(C2/C(=C(\O)c3ccc(OC)c(C(C)C)c3)C(=O)C(=O)N2CCCOC)c1. The van der Waals surface area contributed by atoms with Crippen LogP contribution in [-0.4, -0.2) is 55.7 Å². The average molecular weight is 482 g/mol. The smallest absolute Gasteiger partial charge is 0.295 e. The van der Waals surface area contributed by atoms with Gasteiger partial charge in [-0.15, -0.1) is 0 Å². The van der Waals surface area contributed by atoms with Gasteiger partial charge in [0, 0.05) is 25.8 Å². The summed E-state index contributed by atoms with van der Waals surface area (Å²) in [6, 6.07) is 11.9. The molecular weight excluding hydrogens is 446 g/mol. The van der Waals surface area contributed by atoms with E-state index >= 15 is 0 Å². The molecule has 7 nitrogen and oxygen atoms in total. The van der Waals surface area contributed by atoms with Gasteiger partial charge in [-0.25, -0.2) is 0 Å². The molecule has 1 aliphatic heterocycles. The second-order valence-corrected chi connectivity index (χ2v) is 8.87. The topological polar surface area (TPSA) is 85.3 Å². The Morgan fingerprint density at radius 3 is 2.51 bits per heavy atom. The van der Waals surface area contributed by atoms with Crippen molar-refractivity contribution in [3.63, 3.8) is 0 Å². The molecule has 1 amide bonds. The predicted octanol–water partition coefficient (Wildman–Crippen LogP) is 5.07. The quantitative estimate of drug-likeness (QED) is 0.209. The summed E-state index contributed by atoms with van der Waals surface area (Å²) in [5.41, 5.74) is 2.14. The van der Waals surface area contributed by atoms with Crippen molar-refractivity contribution in [1.82, 2.24) is 4.90 Å². The fraction of sp³-hybridized carbons (Fsp3) is 0.429. The van der Waals surface area contributed by atoms with Crippen LogP contribution >= 0.6 is 0 Å². The third-order valence-electron chi connectivity index (χ3n) is 6.06. The normalized spacial score (nSPS) is 17.3. The van der Waals surface area contributed by atoms with Crippen LogP contribution in [0.1, 0.15) is 62.3 Å². The van der Waals surface area contributed by atoms with Gasteiger partial charge in [0.1, 0.15) is 17.3 Å². The van der Waals surface area contributed by atoms with Gasteiger partial charge in [0.25, 0.3) is 11.7 Å². The van der Waals surface area contributed by atoms with E-state index in [1.807, 2.05) is 51.1 Å². The van der Waals surface area contributed by atoms with Gasteiger partial charge in [-0.05, 0) is 60.2 Å². The number of benzene rings is 2. The number of ether oxygens (including phenoxy) is 3. The van der Waals surface area contributed by atoms with E-state index in [0.29, 0.717) is 48.8 Å². The number of aliphatic hydroxyl groups is 1. The van der Waals surface area contributed by atoms with E-state index in [4.69, 9.17) is 14.2 Å². The van der Waals surface area contributed by atoms with Crippen molar-refractivity contribution in [3.8, 4) is 11.5 Å². The van der Waals surface area contributed by atoms with Crippen molar-refractivity contribution in [1.29, 1.82) is 0 Å². The lowest BCUT2D eigenvalue weighted by Crippen LogP contribution is -2.31. The molecule has 2 aromatic rings. The van der Waals surface area contributed by atoms with Gasteiger partial charge in [-0.1, -0.05) is 32.9 Å². The first kappa shape index (κ1) is 26.3. The Kier molecular flexibility index (Phi) is 8.93. The minimum absolute atomic E-state index is 0.0694. The van der Waals surface area contributed by atoms with Gasteiger partial charge in [-0.3, -0.25) is 9.59 Å². The van der Waals surface area contributed by atoms with Gasteiger partial charge in [0.05, 0.1) is 25.3 Å². The fourth-order valence-electron chi connectivity index (χ4n) is 4.32. The molecule has 3 rings (SSSR count). The number of hydrogen-bond acceptors (Lipinski definition) is 6. The lowest BCUT2D eigenvalue weighted by molar-refractivity contribution is -0.140. The Bertz CT molecular complexity index is 1090. The van der Waals surface area contributed by atoms with Crippen LogP contribution in [-0.2, 0) is 14.3 Å². The Morgan fingerprint density at radius 1 is 1.09 bits per heavy atom. The van der Waals surface area contributed by atoms with Crippen molar-refractivity contribution in [2.75, 3.05) is 34.0 Å². The molecule has 35 heavy (non-hydrogen) atoms. The number of amides is 1. The number of carbonyl (C=O) groups excluding carboxylic acids is 2. The van der Waals surface area contributed by atoms with E-state index in [2.05, 4.69) is 0 Å². The van der Waals surface area contributed by atoms with Crippen molar-refractivity contribution in [2.45, 2.75) is 45.6 Å². The molecule has 0 aliphatic carbocycles. The summed E-state index contributed by atoms with van der Waals surface area (Å²) < 4.78 is 16.4. The zero-order valence-electron chi connectivity index (χ0n) is 21.2. The largest absolute Gasteiger partial charge is 0.507 e. The molecule has 188 valence electrons. The average Bonchev–Trinajstić information content (AvgIpc) is 3.12. The summed E-state index contributed by atoms with van der Waals surface area (Å²) in [7, 11) is 3.19. The van der Waals surface area contributed by atoms with Crippen LogP contribution in [0.15, 0.2) is 48.0 Å². The Morgan fingerprint density at radius 2 is 1.86 bits per heavy atom. The molecule has 7 heteroatoms. The maximum atomic E-state index is 13.2. The highest BCUT2D eigenvalue weighted by Gasteiger charge is 2.46. The summed E-state index contributed by atoms with van der Waals surface area (Å²) in [5, 5.41) is 11.4. The molecular formula is C28H35NO6. The molecule has 1 saturated heterocycles. The van der Waals surface area contributed by atoms with Gasteiger partial charge < -0.3 is 24.2 Å². The molecule has 0 saturated carbocycles. The highest BCUT2D eigenvalue weighted by atomic mass is 16.5. The number of hydrogen-bond donors (Lipinski definition) is 1. The van der Waals surface area contributed by atoms with Crippen molar-refractivity contribution >= 4 is 17.4 Å². The number of methoxy groups -OCH3 is 2. The number of nitrogens with zero attached hydrogens (tertiary/aromatic N) is 1. The highest BCUT2D eigenvalue weighted by molar-refractivity contribution is 6.46. The molecule has 0 aromatic heterocycles. The molecule has 1 N–H and O–H groups in total. The third kappa shape index (κ3) is 5.68. The molecule has 1 heterocycles. The van der Waals surface area contributed by atoms with Crippen LogP contribution in [0.25, 0.3) is 5.76 Å². The lowest BCUT2D eigenvalue weighted by Gasteiger charge is -2.25. The van der Waals surface area contributed by atoms with E-state index in [-0.39, 0.29) is 17.3 Å². The minimum Gasteiger partial charge on any atom is -0.507 e. The number of likely N-dealkylation sites (tertiary alicyclic amines) is 1. The molecule has 1 unspecified atom stereocenters. The first-order valence-electron chi connectivity index (χ1n) is 12.0. The third-order valence-corrected chi connectivity index (χ3v) is 6.06. The van der Waals surface area contributed by atoms with Crippen LogP contribution in [0.4, 0.5) is 0 Å². The summed E-state index contributed by atoms with van der Waals surface area (Å²) in [6.45, 7) is 7.40.